The topological polar surface area (TPSA) is 83.9 Å². The number of benzene rings is 1. The van der Waals surface area contributed by atoms with Crippen molar-refractivity contribution in [2.45, 2.75) is 12.8 Å². The normalized spacial score (nSPS) is 13.4. The largest absolute Gasteiger partial charge is 0.323 e. The molecule has 158 valence electrons. The summed E-state index contributed by atoms with van der Waals surface area (Å²) >= 11 is 6.44. The SMILES string of the molecule is O=C1CCCN1c1cncc(Nc2ncc(Cl)c(-c3cccc(-c4cccnc4)c3)n2)c1. The standard InChI is InChI=1S/C24H19ClN6O/c25-21-15-28-24(29-19-11-20(14-27-13-19)31-9-3-7-22(31)32)30-23(21)17-5-1-4-16(10-17)18-6-2-8-26-12-18/h1-2,4-6,8,10-15H,3,7,9H2,(H,28,29,30). The molecule has 1 N–H and O–H groups in total. The van der Waals surface area contributed by atoms with Crippen molar-refractivity contribution in [1.82, 2.24) is 19.9 Å². The Balaban J connectivity index is 1.44. The molecule has 3 aromatic heterocycles. The van der Waals surface area contributed by atoms with E-state index < -0.39 is 0 Å². The number of nitrogens with one attached hydrogen (secondary N) is 1. The lowest BCUT2D eigenvalue weighted by molar-refractivity contribution is -0.117. The van der Waals surface area contributed by atoms with Gasteiger partial charge in [0.15, 0.2) is 0 Å². The van der Waals surface area contributed by atoms with E-state index in [1.807, 2.05) is 48.7 Å². The molecule has 5 rings (SSSR count). The summed E-state index contributed by atoms with van der Waals surface area (Å²) in [7, 11) is 0. The fraction of sp³-hybridized carbons (Fsp3) is 0.125. The number of aromatic nitrogens is 4. The molecule has 0 atom stereocenters. The van der Waals surface area contributed by atoms with Gasteiger partial charge >= 0.3 is 0 Å². The summed E-state index contributed by atoms with van der Waals surface area (Å²) < 4.78 is 0. The Morgan fingerprint density at radius 1 is 0.938 bits per heavy atom. The van der Waals surface area contributed by atoms with E-state index in [0.717, 1.165) is 28.8 Å². The number of carbonyl (C=O) groups excluding carboxylic acids is 1. The molecule has 0 bridgehead atoms. The van der Waals surface area contributed by atoms with Crippen LogP contribution in [0.5, 0.6) is 0 Å². The van der Waals surface area contributed by atoms with E-state index in [-0.39, 0.29) is 5.91 Å². The average molecular weight is 443 g/mol. The van der Waals surface area contributed by atoms with E-state index in [1.165, 1.54) is 0 Å². The molecule has 7 nitrogen and oxygen atoms in total. The van der Waals surface area contributed by atoms with Crippen molar-refractivity contribution >= 4 is 34.8 Å². The third-order valence-electron chi connectivity index (χ3n) is 5.24. The first-order valence-electron chi connectivity index (χ1n) is 10.2. The van der Waals surface area contributed by atoms with Crippen molar-refractivity contribution in [3.05, 3.63) is 78.5 Å². The monoisotopic (exact) mass is 442 g/mol. The Hall–Kier alpha value is -3.84. The molecule has 1 aliphatic rings. The van der Waals surface area contributed by atoms with Crippen LogP contribution in [0, 0.1) is 0 Å². The number of nitrogens with zero attached hydrogens (tertiary/aromatic N) is 5. The van der Waals surface area contributed by atoms with E-state index in [9.17, 15) is 4.79 Å². The lowest BCUT2D eigenvalue weighted by atomic mass is 10.0. The summed E-state index contributed by atoms with van der Waals surface area (Å²) in [5.74, 6) is 0.505. The van der Waals surface area contributed by atoms with Gasteiger partial charge in [-0.3, -0.25) is 14.8 Å². The Morgan fingerprint density at radius 3 is 2.62 bits per heavy atom. The van der Waals surface area contributed by atoms with Gasteiger partial charge in [0.05, 0.1) is 40.7 Å². The maximum atomic E-state index is 12.0. The number of amides is 1. The number of halogens is 1. The molecule has 1 aliphatic heterocycles. The maximum absolute atomic E-state index is 12.0. The van der Waals surface area contributed by atoms with Crippen LogP contribution in [0.1, 0.15) is 12.8 Å². The Labute approximate surface area is 190 Å². The lowest BCUT2D eigenvalue weighted by Gasteiger charge is -2.16. The van der Waals surface area contributed by atoms with Crippen LogP contribution in [-0.2, 0) is 4.79 Å². The molecule has 1 amide bonds. The van der Waals surface area contributed by atoms with Gasteiger partial charge in [-0.05, 0) is 30.2 Å². The van der Waals surface area contributed by atoms with Gasteiger partial charge in [0, 0.05) is 36.5 Å². The van der Waals surface area contributed by atoms with Crippen molar-refractivity contribution in [2.24, 2.45) is 0 Å². The van der Waals surface area contributed by atoms with E-state index in [1.54, 1.807) is 29.7 Å². The number of hydrogen-bond donors (Lipinski definition) is 1. The molecule has 0 unspecified atom stereocenters. The molecule has 4 aromatic rings. The number of rotatable bonds is 5. The molecular formula is C24H19ClN6O. The van der Waals surface area contributed by atoms with Crippen LogP contribution in [-0.4, -0.2) is 32.4 Å². The van der Waals surface area contributed by atoms with Crippen LogP contribution in [0.25, 0.3) is 22.4 Å². The number of anilines is 3. The smallest absolute Gasteiger partial charge is 0.227 e. The third-order valence-corrected chi connectivity index (χ3v) is 5.52. The fourth-order valence-corrected chi connectivity index (χ4v) is 3.90. The zero-order valence-electron chi connectivity index (χ0n) is 17.1. The highest BCUT2D eigenvalue weighted by molar-refractivity contribution is 6.32. The Bertz CT molecular complexity index is 1280. The van der Waals surface area contributed by atoms with Crippen molar-refractivity contribution in [1.29, 1.82) is 0 Å². The first-order valence-corrected chi connectivity index (χ1v) is 10.6. The molecule has 32 heavy (non-hydrogen) atoms. The van der Waals surface area contributed by atoms with Crippen LogP contribution in [0.3, 0.4) is 0 Å². The van der Waals surface area contributed by atoms with E-state index in [2.05, 4.69) is 25.3 Å². The van der Waals surface area contributed by atoms with Crippen LogP contribution < -0.4 is 10.2 Å². The minimum absolute atomic E-state index is 0.113. The number of carbonyl (C=O) groups is 1. The molecule has 0 saturated carbocycles. The highest BCUT2D eigenvalue weighted by Crippen LogP contribution is 2.31. The van der Waals surface area contributed by atoms with Crippen molar-refractivity contribution < 1.29 is 4.79 Å². The minimum atomic E-state index is 0.113. The Kier molecular flexibility index (Phi) is 5.47. The second-order valence-corrected chi connectivity index (χ2v) is 7.83. The highest BCUT2D eigenvalue weighted by atomic mass is 35.5. The second kappa shape index (κ2) is 8.72. The predicted molar refractivity (Wildman–Crippen MR) is 125 cm³/mol. The first kappa shape index (κ1) is 20.1. The van der Waals surface area contributed by atoms with Crippen LogP contribution in [0.2, 0.25) is 5.02 Å². The average Bonchev–Trinajstić information content (AvgIpc) is 3.27. The molecule has 8 heteroatoms. The van der Waals surface area contributed by atoms with Gasteiger partial charge in [-0.25, -0.2) is 9.97 Å². The molecule has 1 fully saturated rings. The minimum Gasteiger partial charge on any atom is -0.323 e. The highest BCUT2D eigenvalue weighted by Gasteiger charge is 2.22. The molecular weight excluding hydrogens is 424 g/mol. The van der Waals surface area contributed by atoms with Gasteiger partial charge < -0.3 is 10.2 Å². The zero-order valence-corrected chi connectivity index (χ0v) is 17.8. The lowest BCUT2D eigenvalue weighted by Crippen LogP contribution is -2.23. The van der Waals surface area contributed by atoms with E-state index in [4.69, 9.17) is 11.6 Å². The third kappa shape index (κ3) is 4.15. The zero-order chi connectivity index (χ0) is 21.9. The summed E-state index contributed by atoms with van der Waals surface area (Å²) in [6.07, 6.45) is 9.92. The van der Waals surface area contributed by atoms with E-state index in [0.29, 0.717) is 35.3 Å². The molecule has 0 aliphatic carbocycles. The number of hydrogen-bond acceptors (Lipinski definition) is 6. The number of pyridine rings is 2. The van der Waals surface area contributed by atoms with Gasteiger partial charge in [-0.1, -0.05) is 35.9 Å². The van der Waals surface area contributed by atoms with Crippen molar-refractivity contribution in [3.8, 4) is 22.4 Å². The molecule has 1 saturated heterocycles. The van der Waals surface area contributed by atoms with Crippen molar-refractivity contribution in [2.75, 3.05) is 16.8 Å². The first-order chi connectivity index (χ1) is 15.7. The summed E-state index contributed by atoms with van der Waals surface area (Å²) in [5, 5.41) is 3.63. The van der Waals surface area contributed by atoms with Crippen LogP contribution in [0.15, 0.2) is 73.4 Å². The summed E-state index contributed by atoms with van der Waals surface area (Å²) in [6.45, 7) is 0.707. The molecule has 1 aromatic carbocycles. The van der Waals surface area contributed by atoms with Gasteiger partial charge in [0.1, 0.15) is 0 Å². The molecule has 4 heterocycles. The van der Waals surface area contributed by atoms with Crippen LogP contribution >= 0.6 is 11.6 Å². The second-order valence-electron chi connectivity index (χ2n) is 7.42. The fourth-order valence-electron chi connectivity index (χ4n) is 3.70. The summed E-state index contributed by atoms with van der Waals surface area (Å²) in [6, 6.07) is 13.7. The van der Waals surface area contributed by atoms with E-state index >= 15 is 0 Å². The van der Waals surface area contributed by atoms with Crippen molar-refractivity contribution in [3.63, 3.8) is 0 Å². The summed E-state index contributed by atoms with van der Waals surface area (Å²) in [5.41, 5.74) is 4.98. The van der Waals surface area contributed by atoms with Gasteiger partial charge in [-0.2, -0.15) is 0 Å². The van der Waals surface area contributed by atoms with Gasteiger partial charge in [-0.15, -0.1) is 0 Å². The summed E-state index contributed by atoms with van der Waals surface area (Å²) in [4.78, 5) is 31.2. The maximum Gasteiger partial charge on any atom is 0.227 e. The molecule has 0 spiro atoms. The predicted octanol–water partition coefficient (Wildman–Crippen LogP) is 5.12. The van der Waals surface area contributed by atoms with Gasteiger partial charge in [0.2, 0.25) is 11.9 Å². The van der Waals surface area contributed by atoms with Gasteiger partial charge in [0.25, 0.3) is 0 Å². The molecule has 0 radical (unpaired) electrons. The Morgan fingerprint density at radius 2 is 1.81 bits per heavy atom. The van der Waals surface area contributed by atoms with Crippen LogP contribution in [0.4, 0.5) is 17.3 Å². The quantitative estimate of drug-likeness (QED) is 0.461.